The van der Waals surface area contributed by atoms with Gasteiger partial charge < -0.3 is 5.73 Å². The molecule has 0 saturated carbocycles. The number of nitrogens with two attached hydrogens (primary N) is 1. The van der Waals surface area contributed by atoms with Crippen LogP contribution in [0.1, 0.15) is 23.2 Å². The van der Waals surface area contributed by atoms with Gasteiger partial charge in [-0.25, -0.2) is 4.68 Å². The van der Waals surface area contributed by atoms with E-state index < -0.39 is 0 Å². The van der Waals surface area contributed by atoms with E-state index in [9.17, 15) is 0 Å². The second-order valence-electron chi connectivity index (χ2n) is 4.36. The molecule has 1 heterocycles. The minimum Gasteiger partial charge on any atom is -0.382 e. The lowest BCUT2D eigenvalue weighted by Gasteiger charge is -2.08. The molecular weight excluding hydrogens is 198 g/mol. The highest BCUT2D eigenvalue weighted by molar-refractivity contribution is 5.51. The van der Waals surface area contributed by atoms with Gasteiger partial charge in [0.1, 0.15) is 5.82 Å². The summed E-state index contributed by atoms with van der Waals surface area (Å²) in [7, 11) is 0. The van der Waals surface area contributed by atoms with E-state index >= 15 is 0 Å². The Balaban J connectivity index is 2.21. The number of aromatic nitrogens is 2. The van der Waals surface area contributed by atoms with E-state index in [2.05, 4.69) is 24.2 Å². The second-order valence-corrected chi connectivity index (χ2v) is 4.36. The molecule has 0 spiro atoms. The Labute approximate surface area is 94.9 Å². The summed E-state index contributed by atoms with van der Waals surface area (Å²) in [5.41, 5.74) is 10.9. The molecule has 0 fully saturated rings. The second kappa shape index (κ2) is 3.37. The van der Waals surface area contributed by atoms with Crippen LogP contribution in [0.15, 0.2) is 24.3 Å². The van der Waals surface area contributed by atoms with Gasteiger partial charge in [0.2, 0.25) is 0 Å². The van der Waals surface area contributed by atoms with Crippen LogP contribution in [0.5, 0.6) is 0 Å². The van der Waals surface area contributed by atoms with Gasteiger partial charge in [-0.3, -0.25) is 0 Å². The number of aryl methyl sites for hydroxylation is 1. The molecule has 0 unspecified atom stereocenters. The van der Waals surface area contributed by atoms with Crippen LogP contribution in [-0.2, 0) is 12.8 Å². The molecule has 1 aliphatic carbocycles. The van der Waals surface area contributed by atoms with Crippen molar-refractivity contribution in [3.8, 4) is 5.69 Å². The van der Waals surface area contributed by atoms with Crippen molar-refractivity contribution in [3.63, 3.8) is 0 Å². The molecule has 0 bridgehead atoms. The van der Waals surface area contributed by atoms with Crippen LogP contribution in [0.4, 0.5) is 5.82 Å². The average molecular weight is 213 g/mol. The van der Waals surface area contributed by atoms with Gasteiger partial charge in [-0.05, 0) is 37.8 Å². The molecule has 0 amide bonds. The van der Waals surface area contributed by atoms with Crippen molar-refractivity contribution in [2.75, 3.05) is 5.73 Å². The quantitative estimate of drug-likeness (QED) is 0.789. The maximum Gasteiger partial charge on any atom is 0.149 e. The van der Waals surface area contributed by atoms with E-state index in [1.54, 1.807) is 0 Å². The molecule has 3 heteroatoms. The van der Waals surface area contributed by atoms with Crippen LogP contribution in [0.3, 0.4) is 0 Å². The summed E-state index contributed by atoms with van der Waals surface area (Å²) in [6.07, 6.45) is 3.37. The van der Waals surface area contributed by atoms with Gasteiger partial charge in [-0.15, -0.1) is 0 Å². The maximum absolute atomic E-state index is 5.95. The molecule has 1 aromatic heterocycles. The van der Waals surface area contributed by atoms with Gasteiger partial charge in [-0.2, -0.15) is 5.10 Å². The SMILES string of the molecule is Cc1ccccc1-n1nc(N)c2c1CCC2. The Hall–Kier alpha value is -1.77. The lowest BCUT2D eigenvalue weighted by atomic mass is 10.2. The Morgan fingerprint density at radius 1 is 1.25 bits per heavy atom. The summed E-state index contributed by atoms with van der Waals surface area (Å²) in [5, 5.41) is 4.46. The van der Waals surface area contributed by atoms with Gasteiger partial charge in [0.25, 0.3) is 0 Å². The normalized spacial score (nSPS) is 14.1. The first-order valence-electron chi connectivity index (χ1n) is 5.69. The van der Waals surface area contributed by atoms with Crippen LogP contribution in [0, 0.1) is 6.92 Å². The zero-order valence-electron chi connectivity index (χ0n) is 9.40. The molecule has 2 aromatic rings. The molecule has 0 atom stereocenters. The summed E-state index contributed by atoms with van der Waals surface area (Å²) >= 11 is 0. The number of nitrogen functional groups attached to an aromatic ring is 1. The van der Waals surface area contributed by atoms with Crippen molar-refractivity contribution in [2.45, 2.75) is 26.2 Å². The highest BCUT2D eigenvalue weighted by Gasteiger charge is 2.21. The van der Waals surface area contributed by atoms with Crippen LogP contribution < -0.4 is 5.73 Å². The Bertz CT molecular complexity index is 540. The number of hydrogen-bond acceptors (Lipinski definition) is 2. The lowest BCUT2D eigenvalue weighted by Crippen LogP contribution is -2.03. The highest BCUT2D eigenvalue weighted by atomic mass is 15.3. The van der Waals surface area contributed by atoms with Crippen LogP contribution in [0.2, 0.25) is 0 Å². The van der Waals surface area contributed by atoms with Crippen molar-refractivity contribution in [1.82, 2.24) is 9.78 Å². The van der Waals surface area contributed by atoms with Gasteiger partial charge >= 0.3 is 0 Å². The van der Waals surface area contributed by atoms with E-state index in [1.165, 1.54) is 23.2 Å². The van der Waals surface area contributed by atoms with E-state index in [4.69, 9.17) is 5.73 Å². The van der Waals surface area contributed by atoms with Gasteiger partial charge in [0.15, 0.2) is 0 Å². The summed E-state index contributed by atoms with van der Waals surface area (Å²) in [6, 6.07) is 8.29. The highest BCUT2D eigenvalue weighted by Crippen LogP contribution is 2.29. The Morgan fingerprint density at radius 2 is 2.06 bits per heavy atom. The molecule has 3 nitrogen and oxygen atoms in total. The largest absolute Gasteiger partial charge is 0.382 e. The monoisotopic (exact) mass is 213 g/mol. The molecule has 2 N–H and O–H groups in total. The number of fused-ring (bicyclic) bond motifs is 1. The zero-order valence-corrected chi connectivity index (χ0v) is 9.40. The Morgan fingerprint density at radius 3 is 2.88 bits per heavy atom. The summed E-state index contributed by atoms with van der Waals surface area (Å²) < 4.78 is 2.02. The fourth-order valence-corrected chi connectivity index (χ4v) is 2.47. The Kier molecular flexibility index (Phi) is 1.99. The fourth-order valence-electron chi connectivity index (χ4n) is 2.47. The molecular formula is C13H15N3. The number of rotatable bonds is 1. The van der Waals surface area contributed by atoms with Gasteiger partial charge in [0, 0.05) is 11.3 Å². The number of benzene rings is 1. The van der Waals surface area contributed by atoms with Crippen molar-refractivity contribution in [3.05, 3.63) is 41.1 Å². The van der Waals surface area contributed by atoms with Crippen molar-refractivity contribution in [2.24, 2.45) is 0 Å². The maximum atomic E-state index is 5.95. The molecule has 3 rings (SSSR count). The third-order valence-corrected chi connectivity index (χ3v) is 3.30. The minimum atomic E-state index is 0.704. The zero-order chi connectivity index (χ0) is 11.1. The molecule has 0 aliphatic heterocycles. The first-order valence-corrected chi connectivity index (χ1v) is 5.69. The van der Waals surface area contributed by atoms with E-state index in [1.807, 2.05) is 16.8 Å². The standard InChI is InChI=1S/C13H15N3/c1-9-5-2-3-7-11(9)16-12-8-4-6-10(12)13(14)15-16/h2-3,5,7H,4,6,8H2,1H3,(H2,14,15). The lowest BCUT2D eigenvalue weighted by molar-refractivity contribution is 0.785. The molecule has 1 aliphatic rings. The van der Waals surface area contributed by atoms with Crippen molar-refractivity contribution in [1.29, 1.82) is 0 Å². The van der Waals surface area contributed by atoms with Crippen molar-refractivity contribution < 1.29 is 0 Å². The topological polar surface area (TPSA) is 43.8 Å². The van der Waals surface area contributed by atoms with Crippen LogP contribution in [0.25, 0.3) is 5.69 Å². The number of nitrogens with zero attached hydrogens (tertiary/aromatic N) is 2. The third kappa shape index (κ3) is 1.24. The molecule has 1 aromatic carbocycles. The number of hydrogen-bond donors (Lipinski definition) is 1. The predicted molar refractivity (Wildman–Crippen MR) is 64.7 cm³/mol. The predicted octanol–water partition coefficient (Wildman–Crippen LogP) is 2.25. The molecule has 0 radical (unpaired) electrons. The van der Waals surface area contributed by atoms with Crippen LogP contribution in [-0.4, -0.2) is 9.78 Å². The summed E-state index contributed by atoms with van der Waals surface area (Å²) in [6.45, 7) is 2.11. The summed E-state index contributed by atoms with van der Waals surface area (Å²) in [4.78, 5) is 0. The molecule has 0 saturated heterocycles. The van der Waals surface area contributed by atoms with Gasteiger partial charge in [0.05, 0.1) is 5.69 Å². The smallest absolute Gasteiger partial charge is 0.149 e. The first-order chi connectivity index (χ1) is 7.77. The van der Waals surface area contributed by atoms with E-state index in [-0.39, 0.29) is 0 Å². The number of para-hydroxylation sites is 1. The average Bonchev–Trinajstić information content (AvgIpc) is 2.84. The van der Waals surface area contributed by atoms with Crippen LogP contribution >= 0.6 is 0 Å². The van der Waals surface area contributed by atoms with E-state index in [0.29, 0.717) is 5.82 Å². The number of anilines is 1. The fraction of sp³-hybridized carbons (Fsp3) is 0.308. The first kappa shape index (κ1) is 9.46. The van der Waals surface area contributed by atoms with Crippen molar-refractivity contribution >= 4 is 5.82 Å². The van der Waals surface area contributed by atoms with E-state index in [0.717, 1.165) is 18.5 Å². The summed E-state index contributed by atoms with van der Waals surface area (Å²) in [5.74, 6) is 0.704. The minimum absolute atomic E-state index is 0.704. The molecule has 16 heavy (non-hydrogen) atoms. The molecule has 82 valence electrons. The third-order valence-electron chi connectivity index (χ3n) is 3.30. The van der Waals surface area contributed by atoms with Gasteiger partial charge in [-0.1, -0.05) is 18.2 Å².